The van der Waals surface area contributed by atoms with Gasteiger partial charge in [-0.15, -0.1) is 0 Å². The first-order chi connectivity index (χ1) is 9.54. The van der Waals surface area contributed by atoms with Gasteiger partial charge in [0, 0.05) is 0 Å². The van der Waals surface area contributed by atoms with Gasteiger partial charge in [-0.2, -0.15) is 0 Å². The van der Waals surface area contributed by atoms with E-state index >= 15 is 0 Å². The third-order valence-electron chi connectivity index (χ3n) is 4.50. The van der Waals surface area contributed by atoms with Crippen molar-refractivity contribution in [2.45, 2.75) is 78.6 Å². The van der Waals surface area contributed by atoms with E-state index in [1.807, 2.05) is 0 Å². The number of hydrogen-bond donors (Lipinski definition) is 0. The van der Waals surface area contributed by atoms with Gasteiger partial charge in [-0.3, -0.25) is 0 Å². The van der Waals surface area contributed by atoms with Crippen molar-refractivity contribution in [3.63, 3.8) is 0 Å². The summed E-state index contributed by atoms with van der Waals surface area (Å²) in [5, 5.41) is -1.65. The Hall–Kier alpha value is 0.470. The van der Waals surface area contributed by atoms with E-state index in [9.17, 15) is 0 Å². The fourth-order valence-corrected chi connectivity index (χ4v) is 11.7. The van der Waals surface area contributed by atoms with Crippen molar-refractivity contribution in [2.75, 3.05) is 24.6 Å². The van der Waals surface area contributed by atoms with E-state index < -0.39 is 5.31 Å². The molecule has 120 valence electrons. The fraction of sp³-hybridized carbons (Fsp3) is 0.889. The summed E-state index contributed by atoms with van der Waals surface area (Å²) in [5.41, 5.74) is 0. The molecule has 0 spiro atoms. The summed E-state index contributed by atoms with van der Waals surface area (Å²) in [5.74, 6) is 2.80. The van der Waals surface area contributed by atoms with Gasteiger partial charge in [0.05, 0.1) is 0 Å². The van der Waals surface area contributed by atoms with Gasteiger partial charge in [-0.1, -0.05) is 0 Å². The topological polar surface area (TPSA) is 0 Å². The summed E-state index contributed by atoms with van der Waals surface area (Å²) in [4.78, 5) is 0. The fourth-order valence-electron chi connectivity index (χ4n) is 3.06. The van der Waals surface area contributed by atoms with Crippen molar-refractivity contribution in [1.29, 1.82) is 0 Å². The van der Waals surface area contributed by atoms with Gasteiger partial charge in [0.25, 0.3) is 0 Å². The Morgan fingerprint density at radius 3 is 1.50 bits per heavy atom. The predicted octanol–water partition coefficient (Wildman–Crippen LogP) is 7.05. The minimum atomic E-state index is -1.65. The van der Waals surface area contributed by atoms with Crippen LogP contribution in [0.2, 0.25) is 0 Å². The molecule has 0 nitrogen and oxygen atoms in total. The summed E-state index contributed by atoms with van der Waals surface area (Å²) >= 11 is 4.43. The van der Waals surface area contributed by atoms with Gasteiger partial charge in [-0.05, 0) is 0 Å². The van der Waals surface area contributed by atoms with E-state index in [2.05, 4.69) is 42.2 Å². The molecular weight excluding hydrogens is 327 g/mol. The second-order valence-electron chi connectivity index (χ2n) is 6.44. The molecule has 0 saturated carbocycles. The second kappa shape index (κ2) is 11.1. The van der Waals surface area contributed by atoms with Gasteiger partial charge >= 0.3 is 136 Å². The molecule has 0 rings (SSSR count). The zero-order valence-corrected chi connectivity index (χ0v) is 16.6. The van der Waals surface area contributed by atoms with E-state index in [4.69, 9.17) is 6.42 Å². The van der Waals surface area contributed by atoms with Crippen LogP contribution >= 0.6 is 20.8 Å². The molecule has 0 aromatic rings. The first kappa shape index (κ1) is 20.5. The van der Waals surface area contributed by atoms with Crippen LogP contribution in [-0.4, -0.2) is 24.6 Å². The van der Waals surface area contributed by atoms with Crippen molar-refractivity contribution < 1.29 is 0 Å². The van der Waals surface area contributed by atoms with Crippen molar-refractivity contribution in [1.82, 2.24) is 0 Å². The molecule has 0 bridgehead atoms. The third-order valence-corrected chi connectivity index (χ3v) is 14.5. The van der Waals surface area contributed by atoms with Crippen LogP contribution < -0.4 is 0 Å². The van der Waals surface area contributed by atoms with Crippen LogP contribution in [0.25, 0.3) is 0 Å². The van der Waals surface area contributed by atoms with Crippen molar-refractivity contribution in [2.24, 2.45) is 0 Å². The monoisotopic (exact) mass is 362 g/mol. The zero-order chi connectivity index (χ0) is 15.3. The SMILES string of the molecule is C#CCCCCP(Br)(CCCC)(CCCC)CCCC. The number of rotatable bonds is 13. The molecule has 0 saturated heterocycles. The number of unbranched alkanes of at least 4 members (excludes halogenated alkanes) is 5. The number of terminal acetylenes is 1. The molecule has 0 aromatic heterocycles. The van der Waals surface area contributed by atoms with Gasteiger partial charge in [0.1, 0.15) is 0 Å². The summed E-state index contributed by atoms with van der Waals surface area (Å²) < 4.78 is 0. The maximum atomic E-state index is 5.40. The minimum absolute atomic E-state index is 0.953. The first-order valence-corrected chi connectivity index (χ1v) is 13.7. The van der Waals surface area contributed by atoms with Crippen LogP contribution in [0.5, 0.6) is 0 Å². The molecule has 0 aliphatic rings. The van der Waals surface area contributed by atoms with E-state index in [0.29, 0.717) is 0 Å². The molecule has 0 N–H and O–H groups in total. The van der Waals surface area contributed by atoms with Crippen LogP contribution in [0.3, 0.4) is 0 Å². The van der Waals surface area contributed by atoms with E-state index in [1.165, 1.54) is 76.0 Å². The second-order valence-corrected chi connectivity index (χ2v) is 17.9. The Bertz CT molecular complexity index is 255. The van der Waals surface area contributed by atoms with E-state index in [1.54, 1.807) is 0 Å². The summed E-state index contributed by atoms with van der Waals surface area (Å²) in [7, 11) is 0. The summed E-state index contributed by atoms with van der Waals surface area (Å²) in [6.45, 7) is 6.98. The Balaban J connectivity index is 4.82. The Morgan fingerprint density at radius 2 is 1.15 bits per heavy atom. The molecule has 0 unspecified atom stereocenters. The van der Waals surface area contributed by atoms with Crippen LogP contribution in [-0.2, 0) is 0 Å². The van der Waals surface area contributed by atoms with Crippen molar-refractivity contribution in [3.05, 3.63) is 0 Å². The van der Waals surface area contributed by atoms with Gasteiger partial charge in [-0.25, -0.2) is 0 Å². The zero-order valence-electron chi connectivity index (χ0n) is 14.1. The molecule has 2 heteroatoms. The van der Waals surface area contributed by atoms with Gasteiger partial charge in [0.2, 0.25) is 0 Å². The van der Waals surface area contributed by atoms with Crippen LogP contribution in [0.1, 0.15) is 78.6 Å². The van der Waals surface area contributed by atoms with Crippen LogP contribution in [0.4, 0.5) is 0 Å². The van der Waals surface area contributed by atoms with Gasteiger partial charge in [0.15, 0.2) is 0 Å². The van der Waals surface area contributed by atoms with E-state index in [-0.39, 0.29) is 0 Å². The molecule has 0 aromatic carbocycles. The first-order valence-electron chi connectivity index (χ1n) is 8.70. The summed E-state index contributed by atoms with van der Waals surface area (Å²) in [6, 6.07) is 0. The molecule has 0 aliphatic carbocycles. The van der Waals surface area contributed by atoms with Crippen LogP contribution in [0.15, 0.2) is 0 Å². The molecule has 20 heavy (non-hydrogen) atoms. The molecule has 0 heterocycles. The average Bonchev–Trinajstić information content (AvgIpc) is 2.47. The number of hydrogen-bond acceptors (Lipinski definition) is 0. The number of halogens is 1. The molecule has 0 atom stereocenters. The molecule has 0 radical (unpaired) electrons. The maximum absolute atomic E-state index is 5.40. The van der Waals surface area contributed by atoms with Crippen molar-refractivity contribution in [3.8, 4) is 12.3 Å². The average molecular weight is 363 g/mol. The molecule has 0 fully saturated rings. The third kappa shape index (κ3) is 8.05. The Labute approximate surface area is 136 Å². The van der Waals surface area contributed by atoms with Gasteiger partial charge < -0.3 is 0 Å². The standard InChI is InChI=1S/C18H36BrP/c1-5-9-13-14-18-20(19,15-10-6-2,16-11-7-3)17-12-8-4/h1H,6-18H2,2-4H3. The predicted molar refractivity (Wildman–Crippen MR) is 103 cm³/mol. The quantitative estimate of drug-likeness (QED) is 0.187. The summed E-state index contributed by atoms with van der Waals surface area (Å²) in [6.07, 6.45) is 22.8. The Morgan fingerprint density at radius 1 is 0.750 bits per heavy atom. The van der Waals surface area contributed by atoms with Crippen molar-refractivity contribution >= 4 is 20.8 Å². The van der Waals surface area contributed by atoms with Crippen LogP contribution in [0, 0.1) is 12.3 Å². The van der Waals surface area contributed by atoms with E-state index in [0.717, 1.165) is 6.42 Å². The Kier molecular flexibility index (Phi) is 11.4. The molecular formula is C18H36BrP. The molecule has 0 amide bonds. The normalized spacial score (nSPS) is 13.7. The molecule has 0 aliphatic heterocycles.